The number of rotatable bonds is 3. The zero-order valence-electron chi connectivity index (χ0n) is 12.8. The van der Waals surface area contributed by atoms with Gasteiger partial charge in [0.05, 0.1) is 15.6 Å². The third-order valence-corrected chi connectivity index (χ3v) is 4.49. The Balaban J connectivity index is 2.05. The Bertz CT molecular complexity index is 996. The molecule has 0 saturated heterocycles. The van der Waals surface area contributed by atoms with E-state index in [0.29, 0.717) is 27.7 Å². The van der Waals surface area contributed by atoms with Crippen molar-refractivity contribution in [3.05, 3.63) is 74.5 Å². The number of carbonyl (C=O) groups excluding carboxylic acids is 1. The molecule has 0 bridgehead atoms. The van der Waals surface area contributed by atoms with Gasteiger partial charge >= 0.3 is 0 Å². The predicted molar refractivity (Wildman–Crippen MR) is 98.3 cm³/mol. The van der Waals surface area contributed by atoms with E-state index in [1.165, 1.54) is 0 Å². The Labute approximate surface area is 148 Å². The number of fused-ring (bicyclic) bond motifs is 1. The summed E-state index contributed by atoms with van der Waals surface area (Å²) in [6.45, 7) is 2.60. The number of halogens is 2. The summed E-state index contributed by atoms with van der Waals surface area (Å²) >= 11 is 11.8. The third kappa shape index (κ3) is 3.03. The first kappa shape index (κ1) is 16.6. The molecule has 6 heteroatoms. The minimum atomic E-state index is -0.480. The number of anilines is 1. The second kappa shape index (κ2) is 6.67. The van der Waals surface area contributed by atoms with Crippen LogP contribution in [0.4, 0.5) is 5.69 Å². The van der Waals surface area contributed by atoms with Crippen LogP contribution >= 0.6 is 23.2 Å². The minimum Gasteiger partial charge on any atom is -0.347 e. The molecule has 0 atom stereocenters. The average Bonchev–Trinajstić information content (AvgIpc) is 2.58. The van der Waals surface area contributed by atoms with E-state index in [1.807, 2.05) is 23.6 Å². The molecule has 0 radical (unpaired) electrons. The summed E-state index contributed by atoms with van der Waals surface area (Å²) in [5.74, 6) is -0.480. The molecule has 122 valence electrons. The fourth-order valence-corrected chi connectivity index (χ4v) is 2.84. The first-order valence-corrected chi connectivity index (χ1v) is 8.15. The molecule has 1 N–H and O–H groups in total. The predicted octanol–water partition coefficient (Wildman–Crippen LogP) is 4.58. The Hall–Kier alpha value is -2.30. The van der Waals surface area contributed by atoms with E-state index in [1.54, 1.807) is 36.5 Å². The highest BCUT2D eigenvalue weighted by Crippen LogP contribution is 2.25. The molecule has 0 unspecified atom stereocenters. The molecule has 0 aliphatic carbocycles. The zero-order valence-corrected chi connectivity index (χ0v) is 14.4. The lowest BCUT2D eigenvalue weighted by atomic mass is 10.1. The maximum atomic E-state index is 12.6. The number of nitrogens with one attached hydrogen (secondary N) is 1. The number of hydrogen-bond donors (Lipinski definition) is 1. The molecule has 0 saturated carbocycles. The standard InChI is InChI=1S/C18H14Cl2N2O2/c1-2-22-10-13(17(23)12-5-3-4-6-16(12)22)18(24)21-11-7-8-14(19)15(20)9-11/h3-10H,2H2,1H3,(H,21,24). The second-order valence-electron chi connectivity index (χ2n) is 5.26. The lowest BCUT2D eigenvalue weighted by molar-refractivity contribution is 0.102. The summed E-state index contributed by atoms with van der Waals surface area (Å²) in [4.78, 5) is 25.2. The van der Waals surface area contributed by atoms with Crippen molar-refractivity contribution in [3.8, 4) is 0 Å². The SMILES string of the molecule is CCn1cc(C(=O)Nc2ccc(Cl)c(Cl)c2)c(=O)c2ccccc21. The van der Waals surface area contributed by atoms with Crippen molar-refractivity contribution in [1.29, 1.82) is 0 Å². The van der Waals surface area contributed by atoms with Gasteiger partial charge in [0.2, 0.25) is 5.43 Å². The summed E-state index contributed by atoms with van der Waals surface area (Å²) in [5, 5.41) is 3.93. The van der Waals surface area contributed by atoms with Gasteiger partial charge in [-0.3, -0.25) is 9.59 Å². The summed E-state index contributed by atoms with van der Waals surface area (Å²) in [5.41, 5.74) is 1.07. The Morgan fingerprint density at radius 1 is 1.12 bits per heavy atom. The van der Waals surface area contributed by atoms with Crippen molar-refractivity contribution in [1.82, 2.24) is 4.57 Å². The highest BCUT2D eigenvalue weighted by molar-refractivity contribution is 6.42. The van der Waals surface area contributed by atoms with E-state index < -0.39 is 5.91 Å². The maximum Gasteiger partial charge on any atom is 0.261 e. The molecule has 2 aromatic carbocycles. The molecule has 0 fully saturated rings. The van der Waals surface area contributed by atoms with Crippen molar-refractivity contribution in [3.63, 3.8) is 0 Å². The number of aryl methyl sites for hydroxylation is 1. The Kier molecular flexibility index (Phi) is 4.60. The first-order valence-electron chi connectivity index (χ1n) is 7.40. The molecule has 4 nitrogen and oxygen atoms in total. The van der Waals surface area contributed by atoms with Crippen LogP contribution in [0.1, 0.15) is 17.3 Å². The highest BCUT2D eigenvalue weighted by Gasteiger charge is 2.15. The number of hydrogen-bond acceptors (Lipinski definition) is 2. The van der Waals surface area contributed by atoms with E-state index in [4.69, 9.17) is 23.2 Å². The van der Waals surface area contributed by atoms with E-state index >= 15 is 0 Å². The molecule has 0 aliphatic heterocycles. The van der Waals surface area contributed by atoms with Gasteiger partial charge in [-0.1, -0.05) is 35.3 Å². The number of benzene rings is 2. The Morgan fingerprint density at radius 3 is 2.58 bits per heavy atom. The van der Waals surface area contributed by atoms with Gasteiger partial charge in [-0.05, 0) is 37.3 Å². The van der Waals surface area contributed by atoms with Crippen LogP contribution < -0.4 is 10.7 Å². The van der Waals surface area contributed by atoms with Crippen LogP contribution in [0.5, 0.6) is 0 Å². The van der Waals surface area contributed by atoms with E-state index in [0.717, 1.165) is 5.52 Å². The van der Waals surface area contributed by atoms with E-state index in [2.05, 4.69) is 5.32 Å². The number of carbonyl (C=O) groups is 1. The normalized spacial score (nSPS) is 10.8. The van der Waals surface area contributed by atoms with Crippen molar-refractivity contribution < 1.29 is 4.79 Å². The lowest BCUT2D eigenvalue weighted by Crippen LogP contribution is -2.23. The molecule has 1 amide bonds. The minimum absolute atomic E-state index is 0.0848. The van der Waals surface area contributed by atoms with Crippen molar-refractivity contribution in [2.75, 3.05) is 5.32 Å². The van der Waals surface area contributed by atoms with Crippen molar-refractivity contribution in [2.45, 2.75) is 13.5 Å². The molecule has 3 rings (SSSR count). The molecular weight excluding hydrogens is 347 g/mol. The van der Waals surface area contributed by atoms with Gasteiger partial charge in [0.1, 0.15) is 5.56 Å². The smallest absolute Gasteiger partial charge is 0.261 e. The Morgan fingerprint density at radius 2 is 1.88 bits per heavy atom. The summed E-state index contributed by atoms with van der Waals surface area (Å²) in [7, 11) is 0. The summed E-state index contributed by atoms with van der Waals surface area (Å²) in [6.07, 6.45) is 1.58. The maximum absolute atomic E-state index is 12.6. The quantitative estimate of drug-likeness (QED) is 0.742. The number of nitrogens with zero attached hydrogens (tertiary/aromatic N) is 1. The molecule has 0 aliphatic rings. The number of pyridine rings is 1. The van der Waals surface area contributed by atoms with Gasteiger partial charge in [0.15, 0.2) is 0 Å². The van der Waals surface area contributed by atoms with Crippen LogP contribution in [0.3, 0.4) is 0 Å². The van der Waals surface area contributed by atoms with Gasteiger partial charge in [-0.2, -0.15) is 0 Å². The third-order valence-electron chi connectivity index (χ3n) is 3.75. The monoisotopic (exact) mass is 360 g/mol. The van der Waals surface area contributed by atoms with Gasteiger partial charge in [-0.25, -0.2) is 0 Å². The molecule has 3 aromatic rings. The summed E-state index contributed by atoms with van der Waals surface area (Å²) < 4.78 is 1.88. The number of aromatic nitrogens is 1. The number of amides is 1. The number of para-hydroxylation sites is 1. The fraction of sp³-hybridized carbons (Fsp3) is 0.111. The van der Waals surface area contributed by atoms with E-state index in [9.17, 15) is 9.59 Å². The van der Waals surface area contributed by atoms with Gasteiger partial charge in [0, 0.05) is 23.8 Å². The van der Waals surface area contributed by atoms with Crippen LogP contribution in [0.15, 0.2) is 53.5 Å². The molecular formula is C18H14Cl2N2O2. The topological polar surface area (TPSA) is 51.1 Å². The van der Waals surface area contributed by atoms with Crippen LogP contribution in [0.2, 0.25) is 10.0 Å². The van der Waals surface area contributed by atoms with Gasteiger partial charge in [0.25, 0.3) is 5.91 Å². The zero-order chi connectivity index (χ0) is 17.3. The average molecular weight is 361 g/mol. The van der Waals surface area contributed by atoms with Crippen LogP contribution in [0, 0.1) is 0 Å². The van der Waals surface area contributed by atoms with Gasteiger partial charge in [-0.15, -0.1) is 0 Å². The summed E-state index contributed by atoms with van der Waals surface area (Å²) in [6, 6.07) is 12.0. The fourth-order valence-electron chi connectivity index (χ4n) is 2.54. The molecule has 1 aromatic heterocycles. The van der Waals surface area contributed by atoms with Crippen LogP contribution in [-0.2, 0) is 6.54 Å². The molecule has 0 spiro atoms. The first-order chi connectivity index (χ1) is 11.5. The molecule has 1 heterocycles. The van der Waals surface area contributed by atoms with Crippen LogP contribution in [-0.4, -0.2) is 10.5 Å². The largest absolute Gasteiger partial charge is 0.347 e. The van der Waals surface area contributed by atoms with Crippen molar-refractivity contribution >= 4 is 45.7 Å². The second-order valence-corrected chi connectivity index (χ2v) is 6.07. The molecule has 24 heavy (non-hydrogen) atoms. The lowest BCUT2D eigenvalue weighted by Gasteiger charge is -2.12. The van der Waals surface area contributed by atoms with Crippen LogP contribution in [0.25, 0.3) is 10.9 Å². The highest BCUT2D eigenvalue weighted by atomic mass is 35.5. The van der Waals surface area contributed by atoms with E-state index in [-0.39, 0.29) is 11.0 Å². The van der Waals surface area contributed by atoms with Crippen molar-refractivity contribution in [2.24, 2.45) is 0 Å². The van der Waals surface area contributed by atoms with Gasteiger partial charge < -0.3 is 9.88 Å².